The van der Waals surface area contributed by atoms with E-state index >= 15 is 0 Å². The predicted molar refractivity (Wildman–Crippen MR) is 553 cm³/mol. The average Bonchev–Trinajstić information content (AvgIpc) is 1.55. The van der Waals surface area contributed by atoms with Crippen LogP contribution in [0.1, 0.15) is 316 Å². The Balaban J connectivity index is 0.923. The molecule has 0 saturated carbocycles. The molecule has 12 aromatic carbocycles. The largest absolute Gasteiger partial charge is 0.354 e. The van der Waals surface area contributed by atoms with Gasteiger partial charge < -0.3 is 29.9 Å². The van der Waals surface area contributed by atoms with E-state index in [0.717, 1.165) is 66.2 Å². The number of hydrogen-bond acceptors (Lipinski definition) is 0. The van der Waals surface area contributed by atoms with E-state index in [1.807, 2.05) is 0 Å². The van der Waals surface area contributed by atoms with E-state index in [4.69, 9.17) is 0 Å². The predicted octanol–water partition coefficient (Wildman–Crippen LogP) is 35.4. The molecule has 24 bridgehead atoms. The van der Waals surface area contributed by atoms with E-state index in [-0.39, 0.29) is 65.0 Å². The molecule has 19 rings (SSSR count). The first kappa shape index (κ1) is 84.9. The molecule has 0 amide bonds. The lowest BCUT2D eigenvalue weighted by Gasteiger charge is -2.29. The van der Waals surface area contributed by atoms with E-state index in [9.17, 15) is 0 Å². The third kappa shape index (κ3) is 13.5. The van der Waals surface area contributed by atoms with Gasteiger partial charge in [-0.05, 0) is 344 Å². The van der Waals surface area contributed by atoms with Crippen LogP contribution in [0.5, 0.6) is 0 Å². The number of aromatic nitrogens is 6. The summed E-state index contributed by atoms with van der Waals surface area (Å²) in [5.41, 5.74) is 42.4. The zero-order chi connectivity index (χ0) is 90.9. The van der Waals surface area contributed by atoms with Crippen LogP contribution in [0, 0.1) is 0 Å². The number of benzene rings is 12. The first-order valence-corrected chi connectivity index (χ1v) is 46.9. The molecule has 6 N–H and O–H groups in total. The minimum atomic E-state index is -0.210. The van der Waals surface area contributed by atoms with Gasteiger partial charge in [0, 0.05) is 131 Å². The van der Waals surface area contributed by atoms with Crippen molar-refractivity contribution in [2.45, 2.75) is 314 Å². The van der Waals surface area contributed by atoms with Crippen molar-refractivity contribution in [2.75, 3.05) is 0 Å². The Labute approximate surface area is 749 Å². The summed E-state index contributed by atoms with van der Waals surface area (Å²) in [6, 6.07) is 60.8. The van der Waals surface area contributed by atoms with E-state index < -0.39 is 0 Å². The summed E-state index contributed by atoms with van der Waals surface area (Å²) in [6.45, 7) is 86.6. The van der Waals surface area contributed by atoms with Gasteiger partial charge >= 0.3 is 0 Å². The zero-order valence-corrected chi connectivity index (χ0v) is 82.9. The van der Waals surface area contributed by atoms with Crippen LogP contribution in [0.4, 0.5) is 0 Å². The van der Waals surface area contributed by atoms with Gasteiger partial charge in [0.2, 0.25) is 0 Å². The van der Waals surface area contributed by atoms with Gasteiger partial charge in [0.15, 0.2) is 0 Å². The SMILES string of the molecule is CC(C)(C)c1cc2c3cc1-c1cc4[nH]c5cc(c(C(C)(C)C)cc5c4cc1C(C)(C)C)-c1cc4[nH]c5cc(c(C(C)(C)C)cc5c4cc1C(C)(C)C)-c1cc4[nH]c5cc(c(C(C)(C)C)cc5c4cc1C(C)(C)C)-c1cc4[nH]c5cc(c(C(C)(C)C)cc5c4cc1C(C)(C)C)-c1cc4[nH]c5cc(c(C(C)(C)C)cc5c4cc1C(C)(C)C)-c1cc([nH]3)c2cc1C(C)(C)C. The maximum absolute atomic E-state index is 4.17. The van der Waals surface area contributed by atoms with Crippen LogP contribution in [0.25, 0.3) is 198 Å². The molecular formula is C120H138N6. The van der Waals surface area contributed by atoms with Gasteiger partial charge in [-0.25, -0.2) is 0 Å². The smallest absolute Gasteiger partial charge is 0.0471 e. The van der Waals surface area contributed by atoms with Crippen LogP contribution in [0.15, 0.2) is 146 Å². The third-order valence-corrected chi connectivity index (χ3v) is 28.7. The summed E-state index contributed by atoms with van der Waals surface area (Å²) in [4.78, 5) is 25.0. The van der Waals surface area contributed by atoms with Gasteiger partial charge in [-0.1, -0.05) is 249 Å². The van der Waals surface area contributed by atoms with E-state index in [0.29, 0.717) is 0 Å². The molecule has 6 nitrogen and oxygen atoms in total. The van der Waals surface area contributed by atoms with Crippen LogP contribution in [0.2, 0.25) is 0 Å². The number of H-pyrrole nitrogens is 6. The fourth-order valence-corrected chi connectivity index (χ4v) is 22.1. The van der Waals surface area contributed by atoms with Gasteiger partial charge in [-0.3, -0.25) is 0 Å². The fourth-order valence-electron chi connectivity index (χ4n) is 22.1. The highest BCUT2D eigenvalue weighted by Crippen LogP contribution is 2.55. The van der Waals surface area contributed by atoms with Crippen molar-refractivity contribution in [3.63, 3.8) is 0 Å². The Kier molecular flexibility index (Phi) is 17.9. The number of rotatable bonds is 0. The minimum absolute atomic E-state index is 0.210. The molecule has 0 radical (unpaired) electrons. The van der Waals surface area contributed by atoms with Crippen molar-refractivity contribution >= 4 is 131 Å². The Morgan fingerprint density at radius 3 is 0.222 bits per heavy atom. The Bertz CT molecular complexity index is 6120. The van der Waals surface area contributed by atoms with Gasteiger partial charge in [-0.15, -0.1) is 0 Å². The second-order valence-electron chi connectivity index (χ2n) is 51.1. The van der Waals surface area contributed by atoms with Gasteiger partial charge in [-0.2, -0.15) is 0 Å². The summed E-state index contributed by atoms with van der Waals surface area (Å²) in [7, 11) is 0. The zero-order valence-electron chi connectivity index (χ0n) is 82.9. The Hall–Kier alpha value is -10.6. The molecule has 0 atom stereocenters. The summed E-state index contributed by atoms with van der Waals surface area (Å²) in [6.07, 6.45) is 0. The molecule has 1 aliphatic rings. The molecule has 0 saturated heterocycles. The normalized spacial score (nSPS) is 14.2. The molecule has 6 aromatic heterocycles. The highest BCUT2D eigenvalue weighted by atomic mass is 14.7. The standard InChI is InChI=1S/C120H138N6/c1-109(2,3)85-37-73-74-38-87(111(7,8)9)63-51-99(74)121-97(73)49-61(85)62-50-98-75(39-86(62)110(4,5)6)76-40-88(112(10,11)12)65(52-100(76)122-98)66-54-102-79(42-90(66)114(16,17)18)80-44-92(116(22,23)24)69(56-104(80)124-102)70-58-106-83(46-94(70)118(28,29)30)84-48-96(120(34,35)36)72(60-108(84)126-106)71-59-107-82(47-95(71)119(31,32)33)81-45-93(117(25,26)27)68(57-105(81)125-107)67-55-103-78(43-91(67)115(19,20)21)77-41-89(113(13,14)15)64(63)53-101(77)123-103/h37-60,121-126H,1-36H3. The molecule has 0 spiro atoms. The molecule has 0 fully saturated rings. The topological polar surface area (TPSA) is 94.7 Å². The van der Waals surface area contributed by atoms with Gasteiger partial charge in [0.05, 0.1) is 0 Å². The molecule has 1 aliphatic heterocycles. The molecule has 7 heterocycles. The highest BCUT2D eigenvalue weighted by molar-refractivity contribution is 6.19. The first-order valence-electron chi connectivity index (χ1n) is 46.9. The van der Waals surface area contributed by atoms with E-state index in [1.54, 1.807) is 0 Å². The van der Waals surface area contributed by atoms with Gasteiger partial charge in [0.25, 0.3) is 0 Å². The summed E-state index contributed by atoms with van der Waals surface area (Å²) in [5.74, 6) is 0. The first-order chi connectivity index (χ1) is 58.0. The maximum Gasteiger partial charge on any atom is 0.0471 e. The number of hydrogen-bond donors (Lipinski definition) is 6. The van der Waals surface area contributed by atoms with E-state index in [1.165, 1.54) is 198 Å². The monoisotopic (exact) mass is 1660 g/mol. The van der Waals surface area contributed by atoms with Crippen molar-refractivity contribution in [3.8, 4) is 66.8 Å². The van der Waals surface area contributed by atoms with Crippen LogP contribution in [-0.2, 0) is 65.0 Å². The maximum atomic E-state index is 4.17. The van der Waals surface area contributed by atoms with Crippen LogP contribution in [0.3, 0.4) is 0 Å². The molecule has 0 aliphatic carbocycles. The summed E-state index contributed by atoms with van der Waals surface area (Å²) >= 11 is 0. The lowest BCUT2D eigenvalue weighted by Crippen LogP contribution is -2.17. The number of fused-ring (bicyclic) bond motifs is 24. The Morgan fingerprint density at radius 2 is 0.167 bits per heavy atom. The third-order valence-electron chi connectivity index (χ3n) is 28.7. The molecule has 6 heteroatoms. The lowest BCUT2D eigenvalue weighted by molar-refractivity contribution is 0.585. The summed E-state index contributed by atoms with van der Waals surface area (Å²) in [5, 5.41) is 15.1. The van der Waals surface area contributed by atoms with Crippen molar-refractivity contribution < 1.29 is 0 Å². The highest BCUT2D eigenvalue weighted by Gasteiger charge is 2.38. The van der Waals surface area contributed by atoms with E-state index in [2.05, 4.69) is 425 Å². The van der Waals surface area contributed by atoms with Crippen LogP contribution < -0.4 is 0 Å². The number of aromatic amines is 6. The van der Waals surface area contributed by atoms with Crippen molar-refractivity contribution in [2.24, 2.45) is 0 Å². The van der Waals surface area contributed by atoms with Crippen molar-refractivity contribution in [1.82, 2.24) is 29.9 Å². The molecule has 648 valence electrons. The van der Waals surface area contributed by atoms with Gasteiger partial charge in [0.1, 0.15) is 0 Å². The lowest BCUT2D eigenvalue weighted by atomic mass is 9.74. The summed E-state index contributed by atoms with van der Waals surface area (Å²) < 4.78 is 0. The average molecular weight is 1660 g/mol. The molecule has 18 aromatic rings. The molecule has 126 heavy (non-hydrogen) atoms. The second-order valence-corrected chi connectivity index (χ2v) is 51.1. The van der Waals surface area contributed by atoms with Crippen LogP contribution >= 0.6 is 0 Å². The fraction of sp³-hybridized carbons (Fsp3) is 0.400. The second kappa shape index (κ2) is 26.6. The minimum Gasteiger partial charge on any atom is -0.354 e. The van der Waals surface area contributed by atoms with Crippen molar-refractivity contribution in [1.29, 1.82) is 0 Å². The molecular weight excluding hydrogens is 1530 g/mol. The Morgan fingerprint density at radius 1 is 0.103 bits per heavy atom. The van der Waals surface area contributed by atoms with Crippen LogP contribution in [-0.4, -0.2) is 29.9 Å². The quantitative estimate of drug-likeness (QED) is 0.0873. The van der Waals surface area contributed by atoms with Crippen molar-refractivity contribution in [3.05, 3.63) is 212 Å². The molecule has 0 unspecified atom stereocenters. The number of nitrogens with one attached hydrogen (secondary N) is 6.